The Morgan fingerprint density at radius 1 is 1.29 bits per heavy atom. The molecule has 1 aromatic heterocycles. The summed E-state index contributed by atoms with van der Waals surface area (Å²) in [6.45, 7) is 0.607. The fourth-order valence-electron chi connectivity index (χ4n) is 1.47. The van der Waals surface area contributed by atoms with E-state index in [0.717, 1.165) is 5.56 Å². The van der Waals surface area contributed by atoms with E-state index >= 15 is 0 Å². The summed E-state index contributed by atoms with van der Waals surface area (Å²) in [5.74, 6) is 0. The van der Waals surface area contributed by atoms with Gasteiger partial charge < -0.3 is 9.47 Å². The van der Waals surface area contributed by atoms with E-state index in [1.807, 2.05) is 31.1 Å². The maximum atomic E-state index is 4.34. The molecule has 2 rings (SSSR count). The Kier molecular flexibility index (Phi) is 3.55. The highest BCUT2D eigenvalue weighted by molar-refractivity contribution is 5.80. The fourth-order valence-corrected chi connectivity index (χ4v) is 1.47. The van der Waals surface area contributed by atoms with Crippen molar-refractivity contribution in [2.45, 2.75) is 6.67 Å². The molecule has 4 nitrogen and oxygen atoms in total. The normalized spacial score (nSPS) is 10.9. The first-order valence-corrected chi connectivity index (χ1v) is 5.48. The van der Waals surface area contributed by atoms with Gasteiger partial charge in [0, 0.05) is 38.4 Å². The Morgan fingerprint density at radius 2 is 2.06 bits per heavy atom. The van der Waals surface area contributed by atoms with Crippen LogP contribution in [-0.4, -0.2) is 29.9 Å². The minimum atomic E-state index is 0.607. The van der Waals surface area contributed by atoms with Gasteiger partial charge in [0.05, 0.1) is 6.33 Å². The van der Waals surface area contributed by atoms with Gasteiger partial charge in [0.2, 0.25) is 0 Å². The molecule has 88 valence electrons. The molecule has 17 heavy (non-hydrogen) atoms. The topological polar surface area (TPSA) is 33.4 Å². The summed E-state index contributed by atoms with van der Waals surface area (Å²) in [5.41, 5.74) is 2.30. The molecule has 0 radical (unpaired) electrons. The molecule has 0 spiro atoms. The molecule has 0 saturated carbocycles. The monoisotopic (exact) mass is 228 g/mol. The number of aliphatic imine (C=N–C) groups is 1. The summed E-state index contributed by atoms with van der Waals surface area (Å²) >= 11 is 0. The third-order valence-electron chi connectivity index (χ3n) is 2.45. The van der Waals surface area contributed by atoms with Crippen molar-refractivity contribution in [3.8, 4) is 0 Å². The molecule has 2 aromatic rings. The van der Waals surface area contributed by atoms with E-state index in [2.05, 4.69) is 39.1 Å². The van der Waals surface area contributed by atoms with Gasteiger partial charge in [-0.05, 0) is 17.7 Å². The maximum absolute atomic E-state index is 4.34. The summed E-state index contributed by atoms with van der Waals surface area (Å²) in [6, 6.07) is 8.29. The second-order valence-electron chi connectivity index (χ2n) is 4.02. The predicted molar refractivity (Wildman–Crippen MR) is 70.6 cm³/mol. The number of anilines is 1. The lowest BCUT2D eigenvalue weighted by Crippen LogP contribution is -2.08. The second-order valence-corrected chi connectivity index (χ2v) is 4.02. The van der Waals surface area contributed by atoms with Gasteiger partial charge in [0.25, 0.3) is 0 Å². The molecule has 0 amide bonds. The molecular formula is C13H16N4. The molecule has 4 heteroatoms. The Hall–Kier alpha value is -2.10. The molecule has 0 saturated heterocycles. The molecule has 0 bridgehead atoms. The number of hydrogen-bond acceptors (Lipinski definition) is 3. The van der Waals surface area contributed by atoms with Gasteiger partial charge in [0.15, 0.2) is 0 Å². The molecule has 0 N–H and O–H groups in total. The first-order chi connectivity index (χ1) is 8.25. The van der Waals surface area contributed by atoms with Gasteiger partial charge in [0.1, 0.15) is 6.67 Å². The van der Waals surface area contributed by atoms with Gasteiger partial charge in [-0.15, -0.1) is 0 Å². The van der Waals surface area contributed by atoms with E-state index in [1.165, 1.54) is 5.69 Å². The third-order valence-corrected chi connectivity index (χ3v) is 2.45. The summed E-state index contributed by atoms with van der Waals surface area (Å²) in [5, 5.41) is 0. The number of rotatable bonds is 4. The predicted octanol–water partition coefficient (Wildman–Crippen LogP) is 2.03. The van der Waals surface area contributed by atoms with Crippen molar-refractivity contribution in [2.24, 2.45) is 4.99 Å². The van der Waals surface area contributed by atoms with Crippen LogP contribution in [0, 0.1) is 0 Å². The van der Waals surface area contributed by atoms with Gasteiger partial charge in [-0.3, -0.25) is 4.99 Å². The van der Waals surface area contributed by atoms with Crippen molar-refractivity contribution >= 4 is 11.9 Å². The SMILES string of the molecule is CN(C)c1ccc(C=NCn2ccnc2)cc1. The highest BCUT2D eigenvalue weighted by Gasteiger charge is 1.93. The highest BCUT2D eigenvalue weighted by atomic mass is 15.1. The number of hydrogen-bond donors (Lipinski definition) is 0. The third kappa shape index (κ3) is 3.17. The first-order valence-electron chi connectivity index (χ1n) is 5.48. The largest absolute Gasteiger partial charge is 0.378 e. The molecule has 0 unspecified atom stereocenters. The van der Waals surface area contributed by atoms with E-state index in [9.17, 15) is 0 Å². The maximum Gasteiger partial charge on any atom is 0.115 e. The number of benzene rings is 1. The molecule has 1 heterocycles. The van der Waals surface area contributed by atoms with Gasteiger partial charge in [-0.2, -0.15) is 0 Å². The van der Waals surface area contributed by atoms with E-state index < -0.39 is 0 Å². The van der Waals surface area contributed by atoms with E-state index in [-0.39, 0.29) is 0 Å². The summed E-state index contributed by atoms with van der Waals surface area (Å²) in [4.78, 5) is 10.4. The van der Waals surface area contributed by atoms with Crippen LogP contribution in [0.1, 0.15) is 5.56 Å². The van der Waals surface area contributed by atoms with Crippen molar-refractivity contribution in [1.82, 2.24) is 9.55 Å². The van der Waals surface area contributed by atoms with Crippen LogP contribution < -0.4 is 4.90 Å². The molecule has 0 fully saturated rings. The zero-order chi connectivity index (χ0) is 12.1. The summed E-state index contributed by atoms with van der Waals surface area (Å²) in [6.07, 6.45) is 7.28. The molecule has 0 atom stereocenters. The van der Waals surface area contributed by atoms with Crippen molar-refractivity contribution in [1.29, 1.82) is 0 Å². The van der Waals surface area contributed by atoms with Crippen LogP contribution in [-0.2, 0) is 6.67 Å². The van der Waals surface area contributed by atoms with Crippen LogP contribution >= 0.6 is 0 Å². The van der Waals surface area contributed by atoms with Crippen LogP contribution in [0.2, 0.25) is 0 Å². The molecular weight excluding hydrogens is 212 g/mol. The molecule has 1 aromatic carbocycles. The molecule has 0 aliphatic heterocycles. The Balaban J connectivity index is 1.96. The smallest absolute Gasteiger partial charge is 0.115 e. The van der Waals surface area contributed by atoms with E-state index in [1.54, 1.807) is 12.5 Å². The van der Waals surface area contributed by atoms with Crippen molar-refractivity contribution in [2.75, 3.05) is 19.0 Å². The van der Waals surface area contributed by atoms with Crippen LogP contribution in [0.4, 0.5) is 5.69 Å². The van der Waals surface area contributed by atoms with Crippen LogP contribution in [0.15, 0.2) is 48.0 Å². The zero-order valence-electron chi connectivity index (χ0n) is 10.1. The standard InChI is InChI=1S/C13H16N4/c1-16(2)13-5-3-12(4-6-13)9-15-11-17-8-7-14-10-17/h3-10H,11H2,1-2H3. The number of nitrogens with zero attached hydrogens (tertiary/aromatic N) is 4. The summed E-state index contributed by atoms with van der Waals surface area (Å²) in [7, 11) is 4.06. The van der Waals surface area contributed by atoms with Crippen molar-refractivity contribution in [3.05, 3.63) is 48.5 Å². The number of aromatic nitrogens is 2. The Bertz CT molecular complexity index is 469. The summed E-state index contributed by atoms with van der Waals surface area (Å²) < 4.78 is 1.92. The first kappa shape index (κ1) is 11.4. The van der Waals surface area contributed by atoms with Crippen LogP contribution in [0.25, 0.3) is 0 Å². The van der Waals surface area contributed by atoms with Crippen molar-refractivity contribution < 1.29 is 0 Å². The number of imidazole rings is 1. The lowest BCUT2D eigenvalue weighted by atomic mass is 10.2. The quantitative estimate of drug-likeness (QED) is 0.750. The molecule has 0 aliphatic rings. The lowest BCUT2D eigenvalue weighted by molar-refractivity contribution is 0.736. The molecule has 0 aliphatic carbocycles. The van der Waals surface area contributed by atoms with Gasteiger partial charge >= 0.3 is 0 Å². The second kappa shape index (κ2) is 5.30. The Labute approximate surface area is 101 Å². The average molecular weight is 228 g/mol. The fraction of sp³-hybridized carbons (Fsp3) is 0.231. The highest BCUT2D eigenvalue weighted by Crippen LogP contribution is 2.10. The lowest BCUT2D eigenvalue weighted by Gasteiger charge is -2.11. The van der Waals surface area contributed by atoms with Gasteiger partial charge in [-0.25, -0.2) is 4.98 Å². The van der Waals surface area contributed by atoms with E-state index in [0.29, 0.717) is 6.67 Å². The minimum Gasteiger partial charge on any atom is -0.378 e. The Morgan fingerprint density at radius 3 is 2.65 bits per heavy atom. The van der Waals surface area contributed by atoms with E-state index in [4.69, 9.17) is 0 Å². The van der Waals surface area contributed by atoms with Crippen LogP contribution in [0.3, 0.4) is 0 Å². The van der Waals surface area contributed by atoms with Crippen LogP contribution in [0.5, 0.6) is 0 Å². The van der Waals surface area contributed by atoms with Gasteiger partial charge in [-0.1, -0.05) is 12.1 Å². The van der Waals surface area contributed by atoms with Crippen molar-refractivity contribution in [3.63, 3.8) is 0 Å². The minimum absolute atomic E-state index is 0.607. The zero-order valence-corrected chi connectivity index (χ0v) is 10.1. The average Bonchev–Trinajstić information content (AvgIpc) is 2.83.